The Balaban J connectivity index is 2.16. The van der Waals surface area contributed by atoms with Gasteiger partial charge in [-0.2, -0.15) is 0 Å². The molecule has 1 aromatic carbocycles. The molecule has 1 aromatic heterocycles. The Kier molecular flexibility index (Phi) is 4.56. The molecule has 0 radical (unpaired) electrons. The van der Waals surface area contributed by atoms with Crippen LogP contribution in [-0.4, -0.2) is 23.4 Å². The number of aldehydes is 1. The average Bonchev–Trinajstić information content (AvgIpc) is 2.95. The Morgan fingerprint density at radius 1 is 1.29 bits per heavy atom. The molecule has 21 heavy (non-hydrogen) atoms. The molecule has 0 aliphatic heterocycles. The molecular weight excluding hydrogens is 268 g/mol. The maximum Gasteiger partial charge on any atom is 0.161 e. The van der Waals surface area contributed by atoms with Crippen LogP contribution in [0.4, 0.5) is 0 Å². The van der Waals surface area contributed by atoms with Crippen molar-refractivity contribution in [3.8, 4) is 11.5 Å². The van der Waals surface area contributed by atoms with Crippen LogP contribution in [0.15, 0.2) is 31.4 Å². The zero-order chi connectivity index (χ0) is 15.2. The van der Waals surface area contributed by atoms with Gasteiger partial charge >= 0.3 is 0 Å². The highest BCUT2D eigenvalue weighted by atomic mass is 16.5. The van der Waals surface area contributed by atoms with Gasteiger partial charge in [0.15, 0.2) is 11.5 Å². The first-order chi connectivity index (χ1) is 10.2. The second-order valence-electron chi connectivity index (χ2n) is 4.21. The molecule has 2 rings (SSSR count). The summed E-state index contributed by atoms with van der Waals surface area (Å²) >= 11 is 0. The molecule has 0 fully saturated rings. The van der Waals surface area contributed by atoms with Crippen LogP contribution in [-0.2, 0) is 6.61 Å². The van der Waals surface area contributed by atoms with Gasteiger partial charge in [0.25, 0.3) is 0 Å². The van der Waals surface area contributed by atoms with Crippen LogP contribution in [0.3, 0.4) is 0 Å². The average molecular weight is 284 g/mol. The number of hydrogen-bond donors (Lipinski definition) is 1. The SMILES string of the molecule is C=Cc1nc(COc2ccc(C=O)cc2OC)[nH]c1C=C. The van der Waals surface area contributed by atoms with E-state index in [0.29, 0.717) is 22.9 Å². The van der Waals surface area contributed by atoms with Crippen LogP contribution >= 0.6 is 0 Å². The van der Waals surface area contributed by atoms with E-state index in [1.165, 1.54) is 7.11 Å². The van der Waals surface area contributed by atoms with Crippen molar-refractivity contribution in [1.29, 1.82) is 0 Å². The fraction of sp³-hybridized carbons (Fsp3) is 0.125. The zero-order valence-corrected chi connectivity index (χ0v) is 11.8. The molecule has 0 saturated carbocycles. The topological polar surface area (TPSA) is 64.2 Å². The van der Waals surface area contributed by atoms with Gasteiger partial charge < -0.3 is 14.5 Å². The zero-order valence-electron chi connectivity index (χ0n) is 11.8. The van der Waals surface area contributed by atoms with Gasteiger partial charge in [0.2, 0.25) is 0 Å². The molecular formula is C16H16N2O3. The number of methoxy groups -OCH3 is 1. The van der Waals surface area contributed by atoms with E-state index in [-0.39, 0.29) is 6.61 Å². The minimum absolute atomic E-state index is 0.242. The van der Waals surface area contributed by atoms with Gasteiger partial charge in [0.1, 0.15) is 18.7 Å². The third kappa shape index (κ3) is 3.20. The fourth-order valence-corrected chi connectivity index (χ4v) is 1.86. The summed E-state index contributed by atoms with van der Waals surface area (Å²) in [5.41, 5.74) is 2.05. The Labute approximate surface area is 122 Å². The number of benzene rings is 1. The molecule has 5 nitrogen and oxygen atoms in total. The molecule has 0 amide bonds. The van der Waals surface area contributed by atoms with E-state index in [2.05, 4.69) is 23.1 Å². The molecule has 0 bridgehead atoms. The van der Waals surface area contributed by atoms with Gasteiger partial charge in [0, 0.05) is 5.56 Å². The monoisotopic (exact) mass is 284 g/mol. The number of hydrogen-bond acceptors (Lipinski definition) is 4. The maximum atomic E-state index is 10.7. The van der Waals surface area contributed by atoms with Crippen LogP contribution < -0.4 is 9.47 Å². The van der Waals surface area contributed by atoms with E-state index in [1.807, 2.05) is 0 Å². The molecule has 0 aliphatic rings. The molecule has 1 N–H and O–H groups in total. The lowest BCUT2D eigenvalue weighted by Gasteiger charge is -2.09. The van der Waals surface area contributed by atoms with Crippen molar-refractivity contribution in [3.05, 3.63) is 54.1 Å². The molecule has 0 atom stereocenters. The van der Waals surface area contributed by atoms with Crippen molar-refractivity contribution < 1.29 is 14.3 Å². The quantitative estimate of drug-likeness (QED) is 0.793. The van der Waals surface area contributed by atoms with Gasteiger partial charge in [0.05, 0.1) is 18.5 Å². The third-order valence-electron chi connectivity index (χ3n) is 2.90. The summed E-state index contributed by atoms with van der Waals surface area (Å²) in [6, 6.07) is 4.97. The predicted molar refractivity (Wildman–Crippen MR) is 81.5 cm³/mol. The first kappa shape index (κ1) is 14.6. The largest absolute Gasteiger partial charge is 0.493 e. The van der Waals surface area contributed by atoms with Gasteiger partial charge in [-0.05, 0) is 30.4 Å². The van der Waals surface area contributed by atoms with Gasteiger partial charge in [-0.15, -0.1) is 0 Å². The minimum Gasteiger partial charge on any atom is -0.493 e. The minimum atomic E-state index is 0.242. The summed E-state index contributed by atoms with van der Waals surface area (Å²) in [5, 5.41) is 0. The number of aromatic amines is 1. The number of ether oxygens (including phenoxy) is 2. The maximum absolute atomic E-state index is 10.7. The van der Waals surface area contributed by atoms with Crippen molar-refractivity contribution in [2.45, 2.75) is 6.61 Å². The van der Waals surface area contributed by atoms with Crippen LogP contribution in [0.5, 0.6) is 11.5 Å². The molecule has 0 spiro atoms. The van der Waals surface area contributed by atoms with Crippen LogP contribution in [0.1, 0.15) is 27.6 Å². The van der Waals surface area contributed by atoms with E-state index in [0.717, 1.165) is 17.7 Å². The smallest absolute Gasteiger partial charge is 0.161 e. The number of imidazole rings is 1. The number of nitrogens with one attached hydrogen (secondary N) is 1. The van der Waals surface area contributed by atoms with Gasteiger partial charge in [-0.3, -0.25) is 4.79 Å². The van der Waals surface area contributed by atoms with Crippen molar-refractivity contribution in [2.75, 3.05) is 7.11 Å². The molecule has 0 saturated heterocycles. The van der Waals surface area contributed by atoms with Crippen molar-refractivity contribution in [1.82, 2.24) is 9.97 Å². The van der Waals surface area contributed by atoms with Crippen LogP contribution in [0, 0.1) is 0 Å². The molecule has 0 aliphatic carbocycles. The summed E-state index contributed by atoms with van der Waals surface area (Å²) in [5.74, 6) is 1.69. The number of H-pyrrole nitrogens is 1. The number of rotatable bonds is 7. The Bertz CT molecular complexity index is 649. The molecule has 1 heterocycles. The number of aromatic nitrogens is 2. The lowest BCUT2D eigenvalue weighted by Crippen LogP contribution is -2.00. The van der Waals surface area contributed by atoms with E-state index in [4.69, 9.17) is 9.47 Å². The number of carbonyl (C=O) groups is 1. The first-order valence-corrected chi connectivity index (χ1v) is 6.31. The number of nitrogens with zero attached hydrogens (tertiary/aromatic N) is 1. The second-order valence-corrected chi connectivity index (χ2v) is 4.21. The molecule has 5 heteroatoms. The summed E-state index contributed by atoms with van der Waals surface area (Å²) in [4.78, 5) is 18.2. The highest BCUT2D eigenvalue weighted by Crippen LogP contribution is 2.28. The summed E-state index contributed by atoms with van der Waals surface area (Å²) in [6.45, 7) is 7.64. The van der Waals surface area contributed by atoms with E-state index >= 15 is 0 Å². The van der Waals surface area contributed by atoms with Gasteiger partial charge in [-0.25, -0.2) is 4.98 Å². The van der Waals surface area contributed by atoms with E-state index in [1.54, 1.807) is 30.4 Å². The normalized spacial score (nSPS) is 9.95. The van der Waals surface area contributed by atoms with E-state index < -0.39 is 0 Å². The predicted octanol–water partition coefficient (Wildman–Crippen LogP) is 3.10. The lowest BCUT2D eigenvalue weighted by atomic mass is 10.2. The van der Waals surface area contributed by atoms with Crippen LogP contribution in [0.25, 0.3) is 12.2 Å². The molecule has 0 unspecified atom stereocenters. The van der Waals surface area contributed by atoms with Crippen molar-refractivity contribution in [2.24, 2.45) is 0 Å². The highest BCUT2D eigenvalue weighted by molar-refractivity contribution is 5.76. The highest BCUT2D eigenvalue weighted by Gasteiger charge is 2.09. The Hall–Kier alpha value is -2.82. The Morgan fingerprint density at radius 2 is 2.10 bits per heavy atom. The van der Waals surface area contributed by atoms with Crippen molar-refractivity contribution in [3.63, 3.8) is 0 Å². The molecule has 2 aromatic rings. The third-order valence-corrected chi connectivity index (χ3v) is 2.90. The fourth-order valence-electron chi connectivity index (χ4n) is 1.86. The van der Waals surface area contributed by atoms with E-state index in [9.17, 15) is 4.79 Å². The van der Waals surface area contributed by atoms with Gasteiger partial charge in [-0.1, -0.05) is 13.2 Å². The summed E-state index contributed by atoms with van der Waals surface area (Å²) in [6.07, 6.45) is 4.08. The summed E-state index contributed by atoms with van der Waals surface area (Å²) in [7, 11) is 1.52. The first-order valence-electron chi connectivity index (χ1n) is 6.31. The number of carbonyl (C=O) groups excluding carboxylic acids is 1. The molecule has 108 valence electrons. The Morgan fingerprint density at radius 3 is 2.67 bits per heavy atom. The summed E-state index contributed by atoms with van der Waals surface area (Å²) < 4.78 is 10.9. The second kappa shape index (κ2) is 6.56. The van der Waals surface area contributed by atoms with Crippen LogP contribution in [0.2, 0.25) is 0 Å². The van der Waals surface area contributed by atoms with Crippen molar-refractivity contribution >= 4 is 18.4 Å². The standard InChI is InChI=1S/C16H16N2O3/c1-4-12-13(5-2)18-16(17-12)10-21-14-7-6-11(9-19)8-15(14)20-3/h4-9H,1-2,10H2,3H3,(H,17,18). The lowest BCUT2D eigenvalue weighted by molar-refractivity contribution is 0.112.